The molecule has 5 atom stereocenters. The van der Waals surface area contributed by atoms with Gasteiger partial charge in [0.25, 0.3) is 0 Å². The number of carbonyl (C=O) groups excluding carboxylic acids is 5. The van der Waals surface area contributed by atoms with Crippen LogP contribution in [0.4, 0.5) is 0 Å². The van der Waals surface area contributed by atoms with Gasteiger partial charge in [-0.05, 0) is 6.42 Å². The SMILES string of the molecule is CC(=O)OC[C@H]1O[C@@H](OC(C)=O)[C@H](NC(=O)C2=CC=CC2)[C@@H](OC(C)=O)[C@@H]1OC(C)=O. The number of allylic oxidation sites excluding steroid dienone is 3. The molecule has 0 unspecified atom stereocenters. The third-order valence-corrected chi connectivity index (χ3v) is 4.34. The van der Waals surface area contributed by atoms with Gasteiger partial charge in [0.1, 0.15) is 18.8 Å². The van der Waals surface area contributed by atoms with E-state index in [0.29, 0.717) is 12.0 Å². The van der Waals surface area contributed by atoms with E-state index in [1.54, 1.807) is 18.2 Å². The van der Waals surface area contributed by atoms with E-state index in [2.05, 4.69) is 5.32 Å². The summed E-state index contributed by atoms with van der Waals surface area (Å²) in [6.07, 6.45) is 0.376. The highest BCUT2D eigenvalue weighted by atomic mass is 16.7. The number of rotatable bonds is 7. The van der Waals surface area contributed by atoms with Gasteiger partial charge in [0.2, 0.25) is 12.2 Å². The number of ether oxygens (including phenoxy) is 5. The number of carbonyl (C=O) groups is 5. The average Bonchev–Trinajstić information content (AvgIpc) is 3.18. The molecule has 31 heavy (non-hydrogen) atoms. The number of nitrogens with one attached hydrogen (secondary N) is 1. The first-order valence-electron chi connectivity index (χ1n) is 9.55. The molecule has 1 saturated heterocycles. The summed E-state index contributed by atoms with van der Waals surface area (Å²) in [6.45, 7) is 4.19. The van der Waals surface area contributed by atoms with Gasteiger partial charge >= 0.3 is 23.9 Å². The average molecular weight is 439 g/mol. The lowest BCUT2D eigenvalue weighted by atomic mass is 9.95. The molecule has 1 N–H and O–H groups in total. The summed E-state index contributed by atoms with van der Waals surface area (Å²) in [5, 5.41) is 2.63. The van der Waals surface area contributed by atoms with Crippen LogP contribution in [0.15, 0.2) is 23.8 Å². The van der Waals surface area contributed by atoms with E-state index in [-0.39, 0.29) is 6.61 Å². The summed E-state index contributed by atoms with van der Waals surface area (Å²) in [5.74, 6) is -3.33. The van der Waals surface area contributed by atoms with Crippen molar-refractivity contribution in [2.45, 2.75) is 64.8 Å². The molecule has 0 aromatic carbocycles. The lowest BCUT2D eigenvalue weighted by Gasteiger charge is -2.44. The van der Waals surface area contributed by atoms with Gasteiger partial charge in [-0.15, -0.1) is 0 Å². The van der Waals surface area contributed by atoms with E-state index in [0.717, 1.165) is 20.8 Å². The van der Waals surface area contributed by atoms with Crippen molar-refractivity contribution in [3.8, 4) is 0 Å². The predicted molar refractivity (Wildman–Crippen MR) is 102 cm³/mol. The van der Waals surface area contributed by atoms with Crippen molar-refractivity contribution in [2.75, 3.05) is 6.61 Å². The van der Waals surface area contributed by atoms with Gasteiger partial charge in [-0.2, -0.15) is 0 Å². The van der Waals surface area contributed by atoms with Crippen molar-refractivity contribution in [1.82, 2.24) is 5.32 Å². The standard InChI is InChI=1S/C20H25NO10/c1-10(22)27-9-15-17(28-11(2)23)18(29-12(3)24)16(20(31-15)30-13(4)25)21-19(26)14-7-5-6-8-14/h5-7,15-18,20H,8-9H2,1-4H3,(H,21,26)/t15-,16-,17-,18-,20-/m1/s1. The number of amides is 1. The first-order valence-corrected chi connectivity index (χ1v) is 9.55. The molecule has 170 valence electrons. The molecule has 11 nitrogen and oxygen atoms in total. The Labute approximate surface area is 178 Å². The lowest BCUT2D eigenvalue weighted by molar-refractivity contribution is -0.270. The Morgan fingerprint density at radius 3 is 2.06 bits per heavy atom. The van der Waals surface area contributed by atoms with Crippen LogP contribution in [0.25, 0.3) is 0 Å². The van der Waals surface area contributed by atoms with Crippen LogP contribution in [-0.4, -0.2) is 67.0 Å². The molecule has 0 aromatic rings. The van der Waals surface area contributed by atoms with Crippen molar-refractivity contribution in [3.63, 3.8) is 0 Å². The van der Waals surface area contributed by atoms with Crippen LogP contribution in [0.5, 0.6) is 0 Å². The zero-order valence-electron chi connectivity index (χ0n) is 17.6. The zero-order valence-corrected chi connectivity index (χ0v) is 17.6. The van der Waals surface area contributed by atoms with Gasteiger partial charge < -0.3 is 29.0 Å². The van der Waals surface area contributed by atoms with Gasteiger partial charge in [0.05, 0.1) is 0 Å². The molecule has 0 spiro atoms. The summed E-state index contributed by atoms with van der Waals surface area (Å²) in [7, 11) is 0. The van der Waals surface area contributed by atoms with E-state index >= 15 is 0 Å². The highest BCUT2D eigenvalue weighted by Crippen LogP contribution is 2.28. The minimum absolute atomic E-state index is 0.376. The lowest BCUT2D eigenvalue weighted by Crippen LogP contribution is -2.67. The van der Waals surface area contributed by atoms with Crippen molar-refractivity contribution in [1.29, 1.82) is 0 Å². The monoisotopic (exact) mass is 439 g/mol. The van der Waals surface area contributed by atoms with E-state index < -0.39 is 60.4 Å². The fourth-order valence-corrected chi connectivity index (χ4v) is 3.18. The molecule has 1 aliphatic heterocycles. The highest BCUT2D eigenvalue weighted by Gasteiger charge is 2.52. The summed E-state index contributed by atoms with van der Waals surface area (Å²) in [6, 6.07) is -1.21. The molecule has 2 rings (SSSR count). The van der Waals surface area contributed by atoms with Gasteiger partial charge in [-0.25, -0.2) is 0 Å². The maximum Gasteiger partial charge on any atom is 0.305 e. The molecule has 0 radical (unpaired) electrons. The second-order valence-electron chi connectivity index (χ2n) is 6.93. The molecule has 0 saturated carbocycles. The quantitative estimate of drug-likeness (QED) is 0.427. The van der Waals surface area contributed by atoms with E-state index in [1.807, 2.05) is 0 Å². The summed E-state index contributed by atoms with van der Waals surface area (Å²) >= 11 is 0. The summed E-state index contributed by atoms with van der Waals surface area (Å²) in [4.78, 5) is 59.1. The maximum atomic E-state index is 12.7. The molecular weight excluding hydrogens is 414 g/mol. The van der Waals surface area contributed by atoms with Crippen LogP contribution in [0, 0.1) is 0 Å². The topological polar surface area (TPSA) is 144 Å². The van der Waals surface area contributed by atoms with Crippen LogP contribution in [0.2, 0.25) is 0 Å². The predicted octanol–water partition coefficient (Wildman–Crippen LogP) is 0.0720. The normalized spacial score (nSPS) is 27.0. The Balaban J connectivity index is 2.40. The Morgan fingerprint density at radius 1 is 0.935 bits per heavy atom. The minimum atomic E-state index is -1.41. The Morgan fingerprint density at radius 2 is 1.55 bits per heavy atom. The molecule has 1 amide bonds. The molecule has 0 bridgehead atoms. The molecule has 0 aromatic heterocycles. The highest BCUT2D eigenvalue weighted by molar-refractivity contribution is 5.95. The summed E-state index contributed by atoms with van der Waals surface area (Å²) in [5.41, 5.74) is 0.425. The fourth-order valence-electron chi connectivity index (χ4n) is 3.18. The molecule has 1 heterocycles. The summed E-state index contributed by atoms with van der Waals surface area (Å²) < 4.78 is 26.5. The molecule has 1 aliphatic carbocycles. The van der Waals surface area contributed by atoms with Crippen LogP contribution in [-0.2, 0) is 47.7 Å². The van der Waals surface area contributed by atoms with E-state index in [1.165, 1.54) is 6.92 Å². The zero-order chi connectivity index (χ0) is 23.1. The second kappa shape index (κ2) is 10.7. The first kappa shape index (κ1) is 24.1. The van der Waals surface area contributed by atoms with Crippen LogP contribution < -0.4 is 5.32 Å². The number of hydrogen-bond donors (Lipinski definition) is 1. The Kier molecular flexibility index (Phi) is 8.31. The van der Waals surface area contributed by atoms with Crippen LogP contribution in [0.3, 0.4) is 0 Å². The largest absolute Gasteiger partial charge is 0.463 e. The second-order valence-corrected chi connectivity index (χ2v) is 6.93. The van der Waals surface area contributed by atoms with Crippen molar-refractivity contribution >= 4 is 29.8 Å². The van der Waals surface area contributed by atoms with E-state index in [4.69, 9.17) is 23.7 Å². The number of hydrogen-bond acceptors (Lipinski definition) is 10. The number of esters is 4. The van der Waals surface area contributed by atoms with Gasteiger partial charge in [-0.1, -0.05) is 18.2 Å². The molecule has 11 heteroatoms. The minimum Gasteiger partial charge on any atom is -0.463 e. The van der Waals surface area contributed by atoms with Crippen LogP contribution >= 0.6 is 0 Å². The molecular formula is C20H25NO10. The van der Waals surface area contributed by atoms with Gasteiger partial charge in [0, 0.05) is 33.3 Å². The van der Waals surface area contributed by atoms with Crippen molar-refractivity contribution in [3.05, 3.63) is 23.8 Å². The third kappa shape index (κ3) is 6.92. The molecule has 1 fully saturated rings. The molecule has 2 aliphatic rings. The maximum absolute atomic E-state index is 12.7. The first-order chi connectivity index (χ1) is 14.6. The smallest absolute Gasteiger partial charge is 0.305 e. The fraction of sp³-hybridized carbons (Fsp3) is 0.550. The van der Waals surface area contributed by atoms with E-state index in [9.17, 15) is 24.0 Å². The Hall–Kier alpha value is -3.21. The van der Waals surface area contributed by atoms with Crippen molar-refractivity contribution in [2.24, 2.45) is 0 Å². The Bertz CT molecular complexity index is 802. The van der Waals surface area contributed by atoms with Gasteiger partial charge in [-0.3, -0.25) is 24.0 Å². The third-order valence-electron chi connectivity index (χ3n) is 4.34. The van der Waals surface area contributed by atoms with Gasteiger partial charge in [0.15, 0.2) is 12.2 Å². The van der Waals surface area contributed by atoms with Crippen LogP contribution in [0.1, 0.15) is 34.1 Å². The van der Waals surface area contributed by atoms with Crippen molar-refractivity contribution < 1.29 is 47.7 Å².